The van der Waals surface area contributed by atoms with Crippen molar-refractivity contribution in [2.24, 2.45) is 5.10 Å². The number of nitro benzene ring substituents is 1. The van der Waals surface area contributed by atoms with Crippen LogP contribution in [0, 0.1) is 10.1 Å². The van der Waals surface area contributed by atoms with Crippen LogP contribution in [-0.2, 0) is 9.53 Å². The number of para-hydroxylation sites is 1. The van der Waals surface area contributed by atoms with Gasteiger partial charge in [0.05, 0.1) is 10.6 Å². The highest BCUT2D eigenvalue weighted by molar-refractivity contribution is 6.04. The van der Waals surface area contributed by atoms with Gasteiger partial charge in [-0.1, -0.05) is 24.3 Å². The number of carbonyl (C=O) groups excluding carboxylic acids is 1. The number of rotatable bonds is 3. The van der Waals surface area contributed by atoms with Gasteiger partial charge in [0, 0.05) is 17.7 Å². The molecule has 2 aromatic carbocycles. The maximum Gasteiger partial charge on any atom is 0.285 e. The van der Waals surface area contributed by atoms with Gasteiger partial charge in [-0.25, -0.2) is 0 Å². The minimum absolute atomic E-state index is 0.0630. The fraction of sp³-hybridized carbons (Fsp3) is 0.0667. The average molecular weight is 297 g/mol. The average Bonchev–Trinajstić information content (AvgIpc) is 2.56. The summed E-state index contributed by atoms with van der Waals surface area (Å²) in [5, 5.41) is 16.2. The highest BCUT2D eigenvalue weighted by atomic mass is 16.6. The van der Waals surface area contributed by atoms with Crippen molar-refractivity contribution in [3.63, 3.8) is 0 Å². The van der Waals surface area contributed by atoms with Crippen LogP contribution in [0.3, 0.4) is 0 Å². The zero-order valence-corrected chi connectivity index (χ0v) is 11.4. The maximum absolute atomic E-state index is 11.9. The molecule has 0 unspecified atom stereocenters. The largest absolute Gasteiger partial charge is 0.466 e. The summed E-state index contributed by atoms with van der Waals surface area (Å²) in [7, 11) is 0. The molecule has 3 rings (SSSR count). The standard InChI is InChI=1S/C15H11N3O4/c19-14-10-22-15(11-5-4-8-13(9-11)18(20)21)16-17(14)12-6-2-1-3-7-12/h1-9H,10H2. The van der Waals surface area contributed by atoms with Crippen LogP contribution in [0.15, 0.2) is 59.7 Å². The van der Waals surface area contributed by atoms with Gasteiger partial charge in [0.15, 0.2) is 6.61 Å². The Kier molecular flexibility index (Phi) is 3.53. The van der Waals surface area contributed by atoms with Crippen molar-refractivity contribution in [1.29, 1.82) is 0 Å². The molecule has 7 heteroatoms. The van der Waals surface area contributed by atoms with Crippen molar-refractivity contribution >= 4 is 23.2 Å². The van der Waals surface area contributed by atoms with Gasteiger partial charge in [-0.15, -0.1) is 5.10 Å². The highest BCUT2D eigenvalue weighted by Crippen LogP contribution is 2.20. The van der Waals surface area contributed by atoms with Crippen LogP contribution in [0.4, 0.5) is 11.4 Å². The van der Waals surface area contributed by atoms with Gasteiger partial charge in [0.1, 0.15) is 0 Å². The molecule has 0 aromatic heterocycles. The van der Waals surface area contributed by atoms with Crippen molar-refractivity contribution in [3.8, 4) is 0 Å². The molecule has 0 saturated heterocycles. The van der Waals surface area contributed by atoms with Crippen molar-refractivity contribution in [2.75, 3.05) is 11.6 Å². The minimum atomic E-state index is -0.493. The van der Waals surface area contributed by atoms with Crippen molar-refractivity contribution in [3.05, 3.63) is 70.3 Å². The van der Waals surface area contributed by atoms with Crippen LogP contribution in [0.25, 0.3) is 0 Å². The number of non-ortho nitro benzene ring substituents is 1. The summed E-state index contributed by atoms with van der Waals surface area (Å²) in [6, 6.07) is 14.8. The summed E-state index contributed by atoms with van der Waals surface area (Å²) < 4.78 is 5.30. The number of nitro groups is 1. The predicted molar refractivity (Wildman–Crippen MR) is 79.5 cm³/mol. The number of hydrogen-bond donors (Lipinski definition) is 0. The molecule has 2 aromatic rings. The summed E-state index contributed by atoms with van der Waals surface area (Å²) >= 11 is 0. The lowest BCUT2D eigenvalue weighted by molar-refractivity contribution is -0.384. The van der Waals surface area contributed by atoms with E-state index in [9.17, 15) is 14.9 Å². The Labute approximate surface area is 125 Å². The predicted octanol–water partition coefficient (Wildman–Crippen LogP) is 2.32. The van der Waals surface area contributed by atoms with Crippen LogP contribution in [0.1, 0.15) is 5.56 Å². The third-order valence-electron chi connectivity index (χ3n) is 3.06. The molecule has 110 valence electrons. The Hall–Kier alpha value is -3.22. The lowest BCUT2D eigenvalue weighted by Crippen LogP contribution is -2.36. The number of amides is 1. The lowest BCUT2D eigenvalue weighted by Gasteiger charge is -2.23. The number of benzene rings is 2. The Morgan fingerprint density at radius 3 is 2.64 bits per heavy atom. The molecule has 0 aliphatic carbocycles. The Morgan fingerprint density at radius 1 is 1.14 bits per heavy atom. The minimum Gasteiger partial charge on any atom is -0.466 e. The van der Waals surface area contributed by atoms with Gasteiger partial charge in [0.25, 0.3) is 11.6 Å². The summed E-state index contributed by atoms with van der Waals surface area (Å²) in [6.07, 6.45) is 0. The van der Waals surface area contributed by atoms with Gasteiger partial charge in [0.2, 0.25) is 5.90 Å². The fourth-order valence-corrected chi connectivity index (χ4v) is 2.03. The first-order chi connectivity index (χ1) is 10.6. The summed E-state index contributed by atoms with van der Waals surface area (Å²) in [5.41, 5.74) is 0.994. The van der Waals surface area contributed by atoms with Crippen LogP contribution in [-0.4, -0.2) is 23.3 Å². The summed E-state index contributed by atoms with van der Waals surface area (Å²) in [4.78, 5) is 22.3. The van der Waals surface area contributed by atoms with E-state index < -0.39 is 4.92 Å². The number of anilines is 1. The molecule has 0 fully saturated rings. The molecular formula is C15H11N3O4. The number of ether oxygens (including phenoxy) is 1. The van der Waals surface area contributed by atoms with E-state index in [2.05, 4.69) is 5.10 Å². The fourth-order valence-electron chi connectivity index (χ4n) is 2.03. The zero-order valence-electron chi connectivity index (χ0n) is 11.4. The van der Waals surface area contributed by atoms with Gasteiger partial charge in [-0.05, 0) is 18.2 Å². The normalized spacial score (nSPS) is 14.3. The molecule has 1 aliphatic rings. The number of carbonyl (C=O) groups is 1. The smallest absolute Gasteiger partial charge is 0.285 e. The van der Waals surface area contributed by atoms with E-state index in [4.69, 9.17) is 4.74 Å². The van der Waals surface area contributed by atoms with E-state index in [0.717, 1.165) is 0 Å². The second kappa shape index (κ2) is 5.65. The maximum atomic E-state index is 11.9. The molecule has 0 atom stereocenters. The van der Waals surface area contributed by atoms with Crippen LogP contribution in [0.5, 0.6) is 0 Å². The van der Waals surface area contributed by atoms with Crippen LogP contribution >= 0.6 is 0 Å². The Bertz CT molecular complexity index is 758. The highest BCUT2D eigenvalue weighted by Gasteiger charge is 2.24. The second-order valence-electron chi connectivity index (χ2n) is 4.54. The topological polar surface area (TPSA) is 85.0 Å². The van der Waals surface area contributed by atoms with E-state index in [0.29, 0.717) is 11.3 Å². The Balaban J connectivity index is 1.99. The summed E-state index contributed by atoms with van der Waals surface area (Å²) in [5.74, 6) is -0.132. The van der Waals surface area contributed by atoms with Crippen molar-refractivity contribution in [1.82, 2.24) is 0 Å². The third-order valence-corrected chi connectivity index (χ3v) is 3.06. The second-order valence-corrected chi connectivity index (χ2v) is 4.54. The number of nitrogens with zero attached hydrogens (tertiary/aromatic N) is 3. The van der Waals surface area contributed by atoms with E-state index in [-0.39, 0.29) is 24.1 Å². The first-order valence-corrected chi connectivity index (χ1v) is 6.49. The first-order valence-electron chi connectivity index (χ1n) is 6.49. The van der Waals surface area contributed by atoms with Crippen LogP contribution < -0.4 is 5.01 Å². The quantitative estimate of drug-likeness (QED) is 0.642. The molecule has 0 radical (unpaired) electrons. The van der Waals surface area contributed by atoms with Gasteiger partial charge in [-0.2, -0.15) is 5.01 Å². The van der Waals surface area contributed by atoms with E-state index in [1.807, 2.05) is 6.07 Å². The molecule has 1 heterocycles. The first kappa shape index (κ1) is 13.7. The lowest BCUT2D eigenvalue weighted by atomic mass is 10.2. The third kappa shape index (κ3) is 2.64. The molecule has 1 amide bonds. The molecule has 1 aliphatic heterocycles. The molecule has 22 heavy (non-hydrogen) atoms. The number of hydrogen-bond acceptors (Lipinski definition) is 5. The van der Waals surface area contributed by atoms with Gasteiger partial charge in [-0.3, -0.25) is 14.9 Å². The zero-order chi connectivity index (χ0) is 15.5. The van der Waals surface area contributed by atoms with E-state index in [1.165, 1.54) is 17.1 Å². The van der Waals surface area contributed by atoms with E-state index >= 15 is 0 Å². The van der Waals surface area contributed by atoms with Gasteiger partial charge < -0.3 is 4.74 Å². The molecule has 0 saturated carbocycles. The van der Waals surface area contributed by atoms with Crippen molar-refractivity contribution < 1.29 is 14.5 Å². The Morgan fingerprint density at radius 2 is 1.91 bits per heavy atom. The van der Waals surface area contributed by atoms with Crippen molar-refractivity contribution in [2.45, 2.75) is 0 Å². The molecule has 7 nitrogen and oxygen atoms in total. The molecule has 0 bridgehead atoms. The molecule has 0 N–H and O–H groups in total. The van der Waals surface area contributed by atoms with E-state index in [1.54, 1.807) is 36.4 Å². The monoisotopic (exact) mass is 297 g/mol. The molecular weight excluding hydrogens is 286 g/mol. The summed E-state index contributed by atoms with van der Waals surface area (Å²) in [6.45, 7) is -0.170. The SMILES string of the molecule is O=C1COC(c2cccc([N+](=O)[O-])c2)=NN1c1ccccc1. The van der Waals surface area contributed by atoms with Gasteiger partial charge >= 0.3 is 0 Å². The van der Waals surface area contributed by atoms with Crippen LogP contribution in [0.2, 0.25) is 0 Å². The molecule has 0 spiro atoms. The number of hydrazone groups is 1.